The lowest BCUT2D eigenvalue weighted by Crippen LogP contribution is -1.88. The zero-order valence-electron chi connectivity index (χ0n) is 8.70. The van der Waals surface area contributed by atoms with Crippen LogP contribution in [0.25, 0.3) is 16.8 Å². The van der Waals surface area contributed by atoms with Crippen LogP contribution >= 0.6 is 0 Å². The lowest BCUT2D eigenvalue weighted by molar-refractivity contribution is 0.917. The van der Waals surface area contributed by atoms with E-state index in [1.165, 1.54) is 0 Å². The summed E-state index contributed by atoms with van der Waals surface area (Å²) in [6.07, 6.45) is 7.03. The summed E-state index contributed by atoms with van der Waals surface area (Å²) >= 11 is 0. The third-order valence-electron chi connectivity index (χ3n) is 2.44. The Morgan fingerprint density at radius 2 is 2.12 bits per heavy atom. The van der Waals surface area contributed by atoms with Crippen molar-refractivity contribution in [2.24, 2.45) is 0 Å². The number of fused-ring (bicyclic) bond motifs is 1. The number of hydrogen-bond acceptors (Lipinski definition) is 4. The molecule has 0 bridgehead atoms. The molecule has 0 N–H and O–H groups in total. The van der Waals surface area contributed by atoms with Crippen molar-refractivity contribution in [3.8, 4) is 11.1 Å². The number of nitrogens with zero attached hydrogens (tertiary/aromatic N) is 5. The standard InChI is InChI=1S/C11H9N5/c1-8-10(9-3-5-13-14-7-9)11-12-4-2-6-16(11)15-8/h2-7H,1H3. The molecule has 0 aliphatic rings. The molecule has 0 aliphatic heterocycles. The summed E-state index contributed by atoms with van der Waals surface area (Å²) in [5.74, 6) is 0. The minimum Gasteiger partial charge on any atom is -0.236 e. The van der Waals surface area contributed by atoms with Gasteiger partial charge < -0.3 is 0 Å². The van der Waals surface area contributed by atoms with E-state index < -0.39 is 0 Å². The Balaban J connectivity index is 2.35. The monoisotopic (exact) mass is 211 g/mol. The molecule has 0 radical (unpaired) electrons. The van der Waals surface area contributed by atoms with Crippen LogP contribution < -0.4 is 0 Å². The normalized spacial score (nSPS) is 10.8. The highest BCUT2D eigenvalue weighted by atomic mass is 15.2. The predicted molar refractivity (Wildman–Crippen MR) is 58.8 cm³/mol. The van der Waals surface area contributed by atoms with Gasteiger partial charge in [-0.25, -0.2) is 9.50 Å². The van der Waals surface area contributed by atoms with Crippen LogP contribution in [-0.4, -0.2) is 24.8 Å². The molecule has 0 saturated carbocycles. The molecule has 3 aromatic heterocycles. The molecule has 0 saturated heterocycles. The Morgan fingerprint density at radius 3 is 2.94 bits per heavy atom. The second kappa shape index (κ2) is 3.37. The molecule has 3 aromatic rings. The fourth-order valence-electron chi connectivity index (χ4n) is 1.77. The Hall–Kier alpha value is -2.30. The molecule has 3 rings (SSSR count). The van der Waals surface area contributed by atoms with Gasteiger partial charge in [0.15, 0.2) is 5.65 Å². The van der Waals surface area contributed by atoms with E-state index in [9.17, 15) is 0 Å². The van der Waals surface area contributed by atoms with E-state index in [2.05, 4.69) is 20.3 Å². The summed E-state index contributed by atoms with van der Waals surface area (Å²) in [4.78, 5) is 4.33. The third-order valence-corrected chi connectivity index (χ3v) is 2.44. The van der Waals surface area contributed by atoms with Crippen LogP contribution in [0.1, 0.15) is 5.69 Å². The SMILES string of the molecule is Cc1nn2cccnc2c1-c1ccnnc1. The first kappa shape index (κ1) is 8.96. The first-order valence-corrected chi connectivity index (χ1v) is 4.93. The van der Waals surface area contributed by atoms with Crippen molar-refractivity contribution >= 4 is 5.65 Å². The molecule has 3 heterocycles. The van der Waals surface area contributed by atoms with E-state index in [1.54, 1.807) is 23.1 Å². The van der Waals surface area contributed by atoms with Crippen LogP contribution in [0.3, 0.4) is 0 Å². The highest BCUT2D eigenvalue weighted by molar-refractivity contribution is 5.78. The van der Waals surface area contributed by atoms with Crippen molar-refractivity contribution in [1.29, 1.82) is 0 Å². The molecule has 5 heteroatoms. The lowest BCUT2D eigenvalue weighted by Gasteiger charge is -1.97. The molecule has 0 aliphatic carbocycles. The Bertz CT molecular complexity index is 629. The highest BCUT2D eigenvalue weighted by Crippen LogP contribution is 2.25. The quantitative estimate of drug-likeness (QED) is 0.612. The maximum atomic E-state index is 4.40. The Morgan fingerprint density at radius 1 is 1.19 bits per heavy atom. The Labute approximate surface area is 91.8 Å². The highest BCUT2D eigenvalue weighted by Gasteiger charge is 2.11. The van der Waals surface area contributed by atoms with Crippen LogP contribution in [0.2, 0.25) is 0 Å². The van der Waals surface area contributed by atoms with E-state index >= 15 is 0 Å². The van der Waals surface area contributed by atoms with Crippen molar-refractivity contribution in [1.82, 2.24) is 24.8 Å². The van der Waals surface area contributed by atoms with Crippen molar-refractivity contribution < 1.29 is 0 Å². The molecule has 0 unspecified atom stereocenters. The molecule has 0 spiro atoms. The van der Waals surface area contributed by atoms with Crippen LogP contribution in [0.15, 0.2) is 36.9 Å². The van der Waals surface area contributed by atoms with E-state index in [-0.39, 0.29) is 0 Å². The van der Waals surface area contributed by atoms with E-state index in [1.807, 2.05) is 25.3 Å². The van der Waals surface area contributed by atoms with Gasteiger partial charge in [0.1, 0.15) is 0 Å². The van der Waals surface area contributed by atoms with Crippen LogP contribution in [0.4, 0.5) is 0 Å². The predicted octanol–water partition coefficient (Wildman–Crippen LogP) is 1.49. The number of hydrogen-bond donors (Lipinski definition) is 0. The van der Waals surface area contributed by atoms with Gasteiger partial charge in [0.25, 0.3) is 0 Å². The third kappa shape index (κ3) is 1.25. The van der Waals surface area contributed by atoms with Gasteiger partial charge in [-0.3, -0.25) is 0 Å². The van der Waals surface area contributed by atoms with Gasteiger partial charge in [0, 0.05) is 18.0 Å². The molecule has 5 nitrogen and oxygen atoms in total. The smallest absolute Gasteiger partial charge is 0.163 e. The molecule has 0 amide bonds. The van der Waals surface area contributed by atoms with Gasteiger partial charge in [-0.15, -0.1) is 0 Å². The maximum absolute atomic E-state index is 4.40. The number of aromatic nitrogens is 5. The minimum absolute atomic E-state index is 0.841. The van der Waals surface area contributed by atoms with Crippen LogP contribution in [-0.2, 0) is 0 Å². The van der Waals surface area contributed by atoms with Gasteiger partial charge in [-0.05, 0) is 19.1 Å². The summed E-state index contributed by atoms with van der Waals surface area (Å²) < 4.78 is 1.77. The van der Waals surface area contributed by atoms with Crippen molar-refractivity contribution in [2.45, 2.75) is 6.92 Å². The first-order chi connectivity index (χ1) is 7.86. The molecule has 0 fully saturated rings. The van der Waals surface area contributed by atoms with Gasteiger partial charge in [-0.2, -0.15) is 15.3 Å². The lowest BCUT2D eigenvalue weighted by atomic mass is 10.1. The van der Waals surface area contributed by atoms with Gasteiger partial charge in [0.2, 0.25) is 0 Å². The van der Waals surface area contributed by atoms with Gasteiger partial charge >= 0.3 is 0 Å². The zero-order valence-corrected chi connectivity index (χ0v) is 8.70. The fraction of sp³-hybridized carbons (Fsp3) is 0.0909. The van der Waals surface area contributed by atoms with Crippen LogP contribution in [0, 0.1) is 6.92 Å². The molecule has 0 atom stereocenters. The topological polar surface area (TPSA) is 56.0 Å². The largest absolute Gasteiger partial charge is 0.236 e. The van der Waals surface area contributed by atoms with Crippen molar-refractivity contribution in [2.75, 3.05) is 0 Å². The average Bonchev–Trinajstić information content (AvgIpc) is 2.66. The van der Waals surface area contributed by atoms with E-state index in [0.29, 0.717) is 0 Å². The number of aryl methyl sites for hydroxylation is 1. The van der Waals surface area contributed by atoms with E-state index in [4.69, 9.17) is 0 Å². The molecule has 16 heavy (non-hydrogen) atoms. The average molecular weight is 211 g/mol. The Kier molecular flexibility index (Phi) is 1.89. The minimum atomic E-state index is 0.841. The molecular weight excluding hydrogens is 202 g/mol. The summed E-state index contributed by atoms with van der Waals surface area (Å²) in [6.45, 7) is 1.96. The summed E-state index contributed by atoms with van der Waals surface area (Å²) in [5.41, 5.74) is 3.77. The zero-order chi connectivity index (χ0) is 11.0. The second-order valence-electron chi connectivity index (χ2n) is 3.48. The number of rotatable bonds is 1. The molecular formula is C11H9N5. The fourth-order valence-corrected chi connectivity index (χ4v) is 1.77. The summed E-state index contributed by atoms with van der Waals surface area (Å²) in [6, 6.07) is 3.76. The van der Waals surface area contributed by atoms with Gasteiger partial charge in [0.05, 0.1) is 23.7 Å². The maximum Gasteiger partial charge on any atom is 0.163 e. The van der Waals surface area contributed by atoms with Crippen molar-refractivity contribution in [3.63, 3.8) is 0 Å². The van der Waals surface area contributed by atoms with E-state index in [0.717, 1.165) is 22.5 Å². The first-order valence-electron chi connectivity index (χ1n) is 4.93. The second-order valence-corrected chi connectivity index (χ2v) is 3.48. The summed E-state index contributed by atoms with van der Waals surface area (Å²) in [7, 11) is 0. The molecule has 78 valence electrons. The van der Waals surface area contributed by atoms with Gasteiger partial charge in [-0.1, -0.05) is 0 Å². The van der Waals surface area contributed by atoms with Crippen LogP contribution in [0.5, 0.6) is 0 Å². The van der Waals surface area contributed by atoms with Crippen molar-refractivity contribution in [3.05, 3.63) is 42.6 Å². The molecule has 0 aromatic carbocycles. The summed E-state index contributed by atoms with van der Waals surface area (Å²) in [5, 5.41) is 12.0.